The van der Waals surface area contributed by atoms with Crippen LogP contribution in [0.4, 0.5) is 0 Å². The van der Waals surface area contributed by atoms with Crippen molar-refractivity contribution in [3.05, 3.63) is 24.0 Å². The maximum Gasteiger partial charge on any atom is 0.268 e. The SMILES string of the molecule is CCn1cccc1C(=O)NC1CCNCC1. The Balaban J connectivity index is 1.96. The van der Waals surface area contributed by atoms with E-state index in [1.165, 1.54) is 0 Å². The van der Waals surface area contributed by atoms with E-state index in [9.17, 15) is 4.79 Å². The van der Waals surface area contributed by atoms with Crippen molar-refractivity contribution in [2.24, 2.45) is 0 Å². The highest BCUT2D eigenvalue weighted by atomic mass is 16.2. The fraction of sp³-hybridized carbons (Fsp3) is 0.583. The first-order valence-electron chi connectivity index (χ1n) is 5.98. The lowest BCUT2D eigenvalue weighted by Gasteiger charge is -2.23. The number of nitrogens with zero attached hydrogens (tertiary/aromatic N) is 1. The molecule has 2 heterocycles. The van der Waals surface area contributed by atoms with E-state index in [0.717, 1.165) is 38.2 Å². The van der Waals surface area contributed by atoms with E-state index >= 15 is 0 Å². The Hall–Kier alpha value is -1.29. The largest absolute Gasteiger partial charge is 0.348 e. The number of hydrogen-bond acceptors (Lipinski definition) is 2. The zero-order valence-electron chi connectivity index (χ0n) is 9.70. The molecule has 1 saturated heterocycles. The van der Waals surface area contributed by atoms with Crippen molar-refractivity contribution < 1.29 is 4.79 Å². The highest BCUT2D eigenvalue weighted by molar-refractivity contribution is 5.92. The van der Waals surface area contributed by atoms with Crippen molar-refractivity contribution in [1.82, 2.24) is 15.2 Å². The van der Waals surface area contributed by atoms with Gasteiger partial charge in [-0.15, -0.1) is 0 Å². The van der Waals surface area contributed by atoms with Crippen molar-refractivity contribution in [1.29, 1.82) is 0 Å². The van der Waals surface area contributed by atoms with Crippen LogP contribution in [-0.2, 0) is 6.54 Å². The Bertz CT molecular complexity index is 353. The van der Waals surface area contributed by atoms with Crippen LogP contribution in [0.2, 0.25) is 0 Å². The van der Waals surface area contributed by atoms with Crippen LogP contribution in [0.3, 0.4) is 0 Å². The van der Waals surface area contributed by atoms with E-state index < -0.39 is 0 Å². The predicted molar refractivity (Wildman–Crippen MR) is 63.5 cm³/mol. The number of nitrogens with one attached hydrogen (secondary N) is 2. The van der Waals surface area contributed by atoms with Gasteiger partial charge in [-0.2, -0.15) is 0 Å². The third-order valence-corrected chi connectivity index (χ3v) is 3.08. The fourth-order valence-electron chi connectivity index (χ4n) is 2.12. The molecule has 16 heavy (non-hydrogen) atoms. The Morgan fingerprint density at radius 3 is 3.00 bits per heavy atom. The molecule has 0 unspecified atom stereocenters. The molecule has 2 N–H and O–H groups in total. The molecular weight excluding hydrogens is 202 g/mol. The average molecular weight is 221 g/mol. The lowest BCUT2D eigenvalue weighted by Crippen LogP contribution is -2.43. The van der Waals surface area contributed by atoms with Crippen LogP contribution in [0.5, 0.6) is 0 Å². The number of aryl methyl sites for hydroxylation is 1. The molecule has 1 fully saturated rings. The van der Waals surface area contributed by atoms with Gasteiger partial charge in [0.05, 0.1) is 0 Å². The first kappa shape index (κ1) is 11.2. The van der Waals surface area contributed by atoms with Gasteiger partial charge in [-0.1, -0.05) is 0 Å². The number of carbonyl (C=O) groups excluding carboxylic acids is 1. The second-order valence-electron chi connectivity index (χ2n) is 4.18. The summed E-state index contributed by atoms with van der Waals surface area (Å²) in [6.07, 6.45) is 3.99. The first-order valence-corrected chi connectivity index (χ1v) is 5.98. The molecule has 1 aliphatic rings. The van der Waals surface area contributed by atoms with Crippen LogP contribution >= 0.6 is 0 Å². The Morgan fingerprint density at radius 1 is 1.56 bits per heavy atom. The minimum atomic E-state index is 0.0544. The van der Waals surface area contributed by atoms with Crippen LogP contribution in [-0.4, -0.2) is 29.6 Å². The fourth-order valence-corrected chi connectivity index (χ4v) is 2.12. The maximum absolute atomic E-state index is 12.0. The number of rotatable bonds is 3. The molecule has 0 atom stereocenters. The van der Waals surface area contributed by atoms with Crippen molar-refractivity contribution in [3.8, 4) is 0 Å². The van der Waals surface area contributed by atoms with Gasteiger partial charge < -0.3 is 15.2 Å². The van der Waals surface area contributed by atoms with Crippen molar-refractivity contribution in [3.63, 3.8) is 0 Å². The summed E-state index contributed by atoms with van der Waals surface area (Å²) >= 11 is 0. The van der Waals surface area contributed by atoms with E-state index in [2.05, 4.69) is 10.6 Å². The Morgan fingerprint density at radius 2 is 2.31 bits per heavy atom. The monoisotopic (exact) mass is 221 g/mol. The van der Waals surface area contributed by atoms with E-state index in [1.807, 2.05) is 29.8 Å². The van der Waals surface area contributed by atoms with Gasteiger partial charge >= 0.3 is 0 Å². The quantitative estimate of drug-likeness (QED) is 0.799. The molecule has 0 saturated carbocycles. The van der Waals surface area contributed by atoms with Gasteiger partial charge in [0.25, 0.3) is 5.91 Å². The summed E-state index contributed by atoms with van der Waals surface area (Å²) in [7, 11) is 0. The lowest BCUT2D eigenvalue weighted by molar-refractivity contribution is 0.0920. The summed E-state index contributed by atoms with van der Waals surface area (Å²) in [6.45, 7) is 4.88. The third kappa shape index (κ3) is 2.44. The summed E-state index contributed by atoms with van der Waals surface area (Å²) < 4.78 is 1.97. The molecule has 0 radical (unpaired) electrons. The Labute approximate surface area is 96.0 Å². The van der Waals surface area contributed by atoms with E-state index in [0.29, 0.717) is 6.04 Å². The molecule has 2 rings (SSSR count). The predicted octanol–water partition coefficient (Wildman–Crippen LogP) is 0.990. The van der Waals surface area contributed by atoms with E-state index in [4.69, 9.17) is 0 Å². The minimum Gasteiger partial charge on any atom is -0.348 e. The van der Waals surface area contributed by atoms with Gasteiger partial charge in [0.2, 0.25) is 0 Å². The minimum absolute atomic E-state index is 0.0544. The van der Waals surface area contributed by atoms with Gasteiger partial charge in [0.15, 0.2) is 0 Å². The second-order valence-corrected chi connectivity index (χ2v) is 4.18. The van der Waals surface area contributed by atoms with Crippen LogP contribution in [0.1, 0.15) is 30.3 Å². The van der Waals surface area contributed by atoms with Crippen LogP contribution in [0.15, 0.2) is 18.3 Å². The lowest BCUT2D eigenvalue weighted by atomic mass is 10.1. The highest BCUT2D eigenvalue weighted by Crippen LogP contribution is 2.06. The molecule has 0 aromatic carbocycles. The maximum atomic E-state index is 12.0. The molecule has 88 valence electrons. The Kier molecular flexibility index (Phi) is 3.62. The molecule has 1 aliphatic heterocycles. The number of aromatic nitrogens is 1. The topological polar surface area (TPSA) is 46.1 Å². The zero-order valence-corrected chi connectivity index (χ0v) is 9.70. The van der Waals surface area contributed by atoms with Crippen LogP contribution in [0, 0.1) is 0 Å². The van der Waals surface area contributed by atoms with Gasteiger partial charge in [-0.3, -0.25) is 4.79 Å². The summed E-state index contributed by atoms with van der Waals surface area (Å²) in [5, 5.41) is 6.38. The highest BCUT2D eigenvalue weighted by Gasteiger charge is 2.17. The number of piperidine rings is 1. The molecule has 1 aromatic heterocycles. The first-order chi connectivity index (χ1) is 7.81. The number of hydrogen-bond donors (Lipinski definition) is 2. The number of amides is 1. The van der Waals surface area contributed by atoms with Crippen LogP contribution < -0.4 is 10.6 Å². The number of carbonyl (C=O) groups is 1. The van der Waals surface area contributed by atoms with E-state index in [1.54, 1.807) is 0 Å². The molecule has 0 aliphatic carbocycles. The third-order valence-electron chi connectivity index (χ3n) is 3.08. The summed E-state index contributed by atoms with van der Waals surface area (Å²) in [5.74, 6) is 0.0544. The molecule has 1 aromatic rings. The zero-order chi connectivity index (χ0) is 11.4. The molecular formula is C12H19N3O. The summed E-state index contributed by atoms with van der Waals surface area (Å²) in [6, 6.07) is 4.12. The molecule has 1 amide bonds. The van der Waals surface area contributed by atoms with E-state index in [-0.39, 0.29) is 5.91 Å². The average Bonchev–Trinajstić information content (AvgIpc) is 2.78. The van der Waals surface area contributed by atoms with Crippen molar-refractivity contribution >= 4 is 5.91 Å². The van der Waals surface area contributed by atoms with Gasteiger partial charge in [0, 0.05) is 18.8 Å². The van der Waals surface area contributed by atoms with Gasteiger partial charge in [-0.05, 0) is 45.0 Å². The molecule has 4 nitrogen and oxygen atoms in total. The van der Waals surface area contributed by atoms with Crippen LogP contribution in [0.25, 0.3) is 0 Å². The normalized spacial score (nSPS) is 17.3. The smallest absolute Gasteiger partial charge is 0.268 e. The standard InChI is InChI=1S/C12H19N3O/c1-2-15-9-3-4-11(15)12(16)14-10-5-7-13-8-6-10/h3-4,9-10,13H,2,5-8H2,1H3,(H,14,16). The molecule has 0 spiro atoms. The summed E-state index contributed by atoms with van der Waals surface area (Å²) in [5.41, 5.74) is 0.765. The second kappa shape index (κ2) is 5.16. The molecule has 4 heteroatoms. The van der Waals surface area contributed by atoms with Gasteiger partial charge in [0.1, 0.15) is 5.69 Å². The van der Waals surface area contributed by atoms with Crippen molar-refractivity contribution in [2.45, 2.75) is 32.4 Å². The van der Waals surface area contributed by atoms with Crippen molar-refractivity contribution in [2.75, 3.05) is 13.1 Å². The molecule has 0 bridgehead atoms. The van der Waals surface area contributed by atoms with Gasteiger partial charge in [-0.25, -0.2) is 0 Å². The summed E-state index contributed by atoms with van der Waals surface area (Å²) in [4.78, 5) is 12.0.